The van der Waals surface area contributed by atoms with Crippen molar-refractivity contribution in [2.24, 2.45) is 0 Å². The molecule has 1 aromatic heterocycles. The number of benzene rings is 6. The molecule has 7 aromatic rings. The molecule has 1 nitrogen and oxygen atoms in total. The molecule has 160 valence electrons. The van der Waals surface area contributed by atoms with Crippen molar-refractivity contribution in [3.05, 3.63) is 126 Å². The molecular formula is C32H20ClN. The first kappa shape index (κ1) is 19.4. The Morgan fingerprint density at radius 1 is 0.441 bits per heavy atom. The summed E-state index contributed by atoms with van der Waals surface area (Å²) in [7, 11) is 0. The lowest BCUT2D eigenvalue weighted by Gasteiger charge is -2.10. The molecule has 0 bridgehead atoms. The highest BCUT2D eigenvalue weighted by Gasteiger charge is 2.14. The zero-order chi connectivity index (χ0) is 22.6. The smallest absolute Gasteiger partial charge is 0.0547 e. The molecule has 6 aromatic carbocycles. The van der Waals surface area contributed by atoms with Crippen LogP contribution in [-0.4, -0.2) is 4.57 Å². The van der Waals surface area contributed by atoms with Crippen LogP contribution in [0.4, 0.5) is 0 Å². The molecule has 0 saturated carbocycles. The third-order valence-corrected chi connectivity index (χ3v) is 7.07. The van der Waals surface area contributed by atoms with Crippen LogP contribution in [0.15, 0.2) is 121 Å². The van der Waals surface area contributed by atoms with Crippen LogP contribution < -0.4 is 0 Å². The van der Waals surface area contributed by atoms with Crippen molar-refractivity contribution >= 4 is 55.0 Å². The molecule has 7 rings (SSSR count). The Kier molecular flexibility index (Phi) is 4.27. The van der Waals surface area contributed by atoms with Gasteiger partial charge in [0.25, 0.3) is 0 Å². The van der Waals surface area contributed by atoms with E-state index in [1.807, 2.05) is 12.1 Å². The molecule has 0 unspecified atom stereocenters. The molecule has 0 N–H and O–H groups in total. The normalized spacial score (nSPS) is 11.7. The Morgan fingerprint density at radius 3 is 1.97 bits per heavy atom. The first-order valence-electron chi connectivity index (χ1n) is 11.5. The standard InChI is InChI=1S/C32H20ClN/c33-25-15-12-21(13-16-25)22-14-17-27-23(18-22)10-11-24-19-30-28-8-4-5-9-31(28)34(32(30)20-29(24)27)26-6-2-1-3-7-26/h1-20H. The second kappa shape index (κ2) is 7.48. The summed E-state index contributed by atoms with van der Waals surface area (Å²) in [6, 6.07) is 43.3. The van der Waals surface area contributed by atoms with Crippen LogP contribution in [0.1, 0.15) is 0 Å². The van der Waals surface area contributed by atoms with Crippen molar-refractivity contribution < 1.29 is 0 Å². The van der Waals surface area contributed by atoms with Gasteiger partial charge in [-0.2, -0.15) is 0 Å². The molecule has 0 aliphatic heterocycles. The van der Waals surface area contributed by atoms with E-state index in [0.29, 0.717) is 0 Å². The van der Waals surface area contributed by atoms with Gasteiger partial charge in [-0.3, -0.25) is 0 Å². The van der Waals surface area contributed by atoms with Crippen molar-refractivity contribution in [2.45, 2.75) is 0 Å². The maximum atomic E-state index is 6.09. The van der Waals surface area contributed by atoms with Crippen molar-refractivity contribution in [1.82, 2.24) is 4.57 Å². The number of hydrogen-bond acceptors (Lipinski definition) is 0. The van der Waals surface area contributed by atoms with E-state index in [-0.39, 0.29) is 0 Å². The molecule has 1 heterocycles. The molecule has 0 atom stereocenters. The van der Waals surface area contributed by atoms with Gasteiger partial charge in [-0.25, -0.2) is 0 Å². The summed E-state index contributed by atoms with van der Waals surface area (Å²) in [5.41, 5.74) is 6.01. The quantitative estimate of drug-likeness (QED) is 0.230. The Balaban J connectivity index is 1.53. The van der Waals surface area contributed by atoms with Gasteiger partial charge in [0.2, 0.25) is 0 Å². The SMILES string of the molecule is Clc1ccc(-c2ccc3c(ccc4cc5c6ccccc6n(-c6ccccc6)c5cc43)c2)cc1. The predicted octanol–water partition coefficient (Wildman–Crippen LogP) is 9.41. The Hall–Kier alpha value is -4.07. The number of fused-ring (bicyclic) bond motifs is 6. The van der Waals surface area contributed by atoms with E-state index in [2.05, 4.69) is 114 Å². The molecule has 0 radical (unpaired) electrons. The molecule has 0 aliphatic rings. The molecule has 0 spiro atoms. The summed E-state index contributed by atoms with van der Waals surface area (Å²) >= 11 is 6.09. The topological polar surface area (TPSA) is 4.93 Å². The zero-order valence-electron chi connectivity index (χ0n) is 18.4. The monoisotopic (exact) mass is 453 g/mol. The molecule has 34 heavy (non-hydrogen) atoms. The summed E-state index contributed by atoms with van der Waals surface area (Å²) in [6.07, 6.45) is 0. The average Bonchev–Trinajstić information content (AvgIpc) is 3.21. The van der Waals surface area contributed by atoms with E-state index < -0.39 is 0 Å². The van der Waals surface area contributed by atoms with E-state index >= 15 is 0 Å². The van der Waals surface area contributed by atoms with E-state index in [1.165, 1.54) is 60.2 Å². The highest BCUT2D eigenvalue weighted by atomic mass is 35.5. The molecule has 0 aliphatic carbocycles. The zero-order valence-corrected chi connectivity index (χ0v) is 19.1. The van der Waals surface area contributed by atoms with E-state index in [9.17, 15) is 0 Å². The van der Waals surface area contributed by atoms with Gasteiger partial charge in [-0.15, -0.1) is 0 Å². The van der Waals surface area contributed by atoms with Crippen LogP contribution in [0.5, 0.6) is 0 Å². The van der Waals surface area contributed by atoms with Crippen LogP contribution in [0.25, 0.3) is 60.2 Å². The molecule has 0 fully saturated rings. The fourth-order valence-corrected chi connectivity index (χ4v) is 5.33. The van der Waals surface area contributed by atoms with Crippen LogP contribution in [0.3, 0.4) is 0 Å². The van der Waals surface area contributed by atoms with E-state index in [4.69, 9.17) is 11.6 Å². The fraction of sp³-hybridized carbons (Fsp3) is 0. The minimum Gasteiger partial charge on any atom is -0.309 e. The molecule has 0 saturated heterocycles. The van der Waals surface area contributed by atoms with Crippen LogP contribution >= 0.6 is 11.6 Å². The highest BCUT2D eigenvalue weighted by molar-refractivity contribution is 6.30. The summed E-state index contributed by atoms with van der Waals surface area (Å²) in [5.74, 6) is 0. The maximum absolute atomic E-state index is 6.09. The minimum absolute atomic E-state index is 0.758. The van der Waals surface area contributed by atoms with Crippen molar-refractivity contribution in [3.63, 3.8) is 0 Å². The lowest BCUT2D eigenvalue weighted by molar-refractivity contribution is 1.18. The van der Waals surface area contributed by atoms with Gasteiger partial charge in [0.15, 0.2) is 0 Å². The number of halogens is 1. The van der Waals surface area contributed by atoms with Crippen LogP contribution in [0.2, 0.25) is 5.02 Å². The number of rotatable bonds is 2. The highest BCUT2D eigenvalue weighted by Crippen LogP contribution is 2.37. The lowest BCUT2D eigenvalue weighted by atomic mass is 9.96. The summed E-state index contributed by atoms with van der Waals surface area (Å²) in [4.78, 5) is 0. The Bertz CT molecular complexity index is 1840. The first-order valence-corrected chi connectivity index (χ1v) is 11.9. The van der Waals surface area contributed by atoms with Crippen molar-refractivity contribution in [2.75, 3.05) is 0 Å². The van der Waals surface area contributed by atoms with Gasteiger partial charge in [0.05, 0.1) is 11.0 Å². The minimum atomic E-state index is 0.758. The summed E-state index contributed by atoms with van der Waals surface area (Å²) in [5, 5.41) is 8.35. The van der Waals surface area contributed by atoms with Gasteiger partial charge in [0.1, 0.15) is 0 Å². The second-order valence-corrected chi connectivity index (χ2v) is 9.22. The Labute approximate surface area is 202 Å². The van der Waals surface area contributed by atoms with Crippen LogP contribution in [-0.2, 0) is 0 Å². The average molecular weight is 454 g/mol. The van der Waals surface area contributed by atoms with Crippen molar-refractivity contribution in [3.8, 4) is 16.8 Å². The Morgan fingerprint density at radius 2 is 1.15 bits per heavy atom. The molecular weight excluding hydrogens is 434 g/mol. The molecule has 0 amide bonds. The van der Waals surface area contributed by atoms with Gasteiger partial charge in [0, 0.05) is 21.5 Å². The predicted molar refractivity (Wildman–Crippen MR) is 146 cm³/mol. The second-order valence-electron chi connectivity index (χ2n) is 8.79. The first-order chi connectivity index (χ1) is 16.8. The fourth-order valence-electron chi connectivity index (χ4n) is 5.21. The number of aromatic nitrogens is 1. The van der Waals surface area contributed by atoms with E-state index in [0.717, 1.165) is 5.02 Å². The van der Waals surface area contributed by atoms with Gasteiger partial charge in [-0.1, -0.05) is 84.4 Å². The largest absolute Gasteiger partial charge is 0.309 e. The summed E-state index contributed by atoms with van der Waals surface area (Å²) < 4.78 is 2.38. The van der Waals surface area contributed by atoms with Gasteiger partial charge < -0.3 is 4.57 Å². The van der Waals surface area contributed by atoms with Gasteiger partial charge >= 0.3 is 0 Å². The summed E-state index contributed by atoms with van der Waals surface area (Å²) in [6.45, 7) is 0. The third kappa shape index (κ3) is 2.95. The number of nitrogens with zero attached hydrogens (tertiary/aromatic N) is 1. The lowest BCUT2D eigenvalue weighted by Crippen LogP contribution is -1.93. The van der Waals surface area contributed by atoms with E-state index in [1.54, 1.807) is 0 Å². The third-order valence-electron chi connectivity index (χ3n) is 6.82. The number of para-hydroxylation sites is 2. The van der Waals surface area contributed by atoms with Crippen molar-refractivity contribution in [1.29, 1.82) is 0 Å². The number of hydrogen-bond donors (Lipinski definition) is 0. The molecule has 2 heteroatoms. The van der Waals surface area contributed by atoms with Crippen LogP contribution in [0, 0.1) is 0 Å². The van der Waals surface area contributed by atoms with Gasteiger partial charge in [-0.05, 0) is 81.2 Å². The maximum Gasteiger partial charge on any atom is 0.0547 e.